The molecule has 0 aliphatic heterocycles. The van der Waals surface area contributed by atoms with Crippen molar-refractivity contribution in [2.75, 3.05) is 7.11 Å². The number of ether oxygens (including phenoxy) is 1. The first kappa shape index (κ1) is 10.4. The third kappa shape index (κ3) is 1.96. The molecule has 1 aromatic heterocycles. The molecule has 0 saturated heterocycles. The molecule has 0 bridgehead atoms. The molecule has 0 aliphatic rings. The Morgan fingerprint density at radius 2 is 2.23 bits per heavy atom. The van der Waals surface area contributed by atoms with Gasteiger partial charge >= 0.3 is 0 Å². The van der Waals surface area contributed by atoms with Crippen molar-refractivity contribution in [3.05, 3.63) is 11.4 Å². The molecule has 1 N–H and O–H groups in total. The van der Waals surface area contributed by atoms with Gasteiger partial charge in [-0.15, -0.1) is 0 Å². The minimum Gasteiger partial charge on any atom is -0.362 e. The number of nitrogens with zero attached hydrogens (tertiary/aromatic N) is 2. The van der Waals surface area contributed by atoms with Crippen molar-refractivity contribution in [1.82, 2.24) is 9.78 Å². The highest BCUT2D eigenvalue weighted by Crippen LogP contribution is 2.15. The van der Waals surface area contributed by atoms with Crippen molar-refractivity contribution in [1.29, 1.82) is 0 Å². The van der Waals surface area contributed by atoms with E-state index in [0.29, 0.717) is 23.0 Å². The predicted octanol–water partition coefficient (Wildman–Crippen LogP) is 0.684. The Morgan fingerprint density at radius 3 is 2.62 bits per heavy atom. The summed E-state index contributed by atoms with van der Waals surface area (Å²) < 4.78 is 26.3. The Labute approximate surface area is 79.0 Å². The standard InChI is InChI=1S/C7H12N2O3S/c1-5-7(13(10)11)6(2)9(8-5)4-12-3/h4H2,1-3H3,(H,10,11). The number of hydrogen-bond acceptors (Lipinski definition) is 3. The smallest absolute Gasteiger partial charge is 0.190 e. The maximum Gasteiger partial charge on any atom is 0.190 e. The SMILES string of the molecule is COCn1nc(C)c(S(=O)O)c1C. The molecule has 1 rings (SSSR count). The Bertz CT molecular complexity index is 335. The van der Waals surface area contributed by atoms with Crippen molar-refractivity contribution in [2.24, 2.45) is 0 Å². The highest BCUT2D eigenvalue weighted by atomic mass is 32.2. The van der Waals surface area contributed by atoms with Crippen LogP contribution in [0.1, 0.15) is 11.4 Å². The molecule has 1 aromatic rings. The van der Waals surface area contributed by atoms with Crippen LogP contribution in [0.4, 0.5) is 0 Å². The summed E-state index contributed by atoms with van der Waals surface area (Å²) in [6, 6.07) is 0. The monoisotopic (exact) mass is 204 g/mol. The van der Waals surface area contributed by atoms with Gasteiger partial charge in [-0.25, -0.2) is 8.89 Å². The Balaban J connectivity index is 3.14. The molecule has 0 saturated carbocycles. The third-order valence-electron chi connectivity index (χ3n) is 1.74. The summed E-state index contributed by atoms with van der Waals surface area (Å²) in [4.78, 5) is 0.372. The van der Waals surface area contributed by atoms with Gasteiger partial charge in [0.15, 0.2) is 11.1 Å². The van der Waals surface area contributed by atoms with Crippen molar-refractivity contribution in [3.8, 4) is 0 Å². The summed E-state index contributed by atoms with van der Waals surface area (Å²) in [5.41, 5.74) is 1.23. The second-order valence-electron chi connectivity index (χ2n) is 2.67. The van der Waals surface area contributed by atoms with Gasteiger partial charge in [-0.05, 0) is 13.8 Å². The number of hydrogen-bond donors (Lipinski definition) is 1. The molecule has 1 unspecified atom stereocenters. The molecule has 0 fully saturated rings. The van der Waals surface area contributed by atoms with Crippen LogP contribution in [0.2, 0.25) is 0 Å². The lowest BCUT2D eigenvalue weighted by molar-refractivity contribution is 0.118. The molecule has 5 nitrogen and oxygen atoms in total. The molecule has 6 heteroatoms. The number of rotatable bonds is 3. The highest BCUT2D eigenvalue weighted by Gasteiger charge is 2.15. The first-order chi connectivity index (χ1) is 6.07. The van der Waals surface area contributed by atoms with Crippen LogP contribution in [0.3, 0.4) is 0 Å². The van der Waals surface area contributed by atoms with Gasteiger partial charge in [0, 0.05) is 7.11 Å². The van der Waals surface area contributed by atoms with E-state index in [4.69, 9.17) is 9.29 Å². The lowest BCUT2D eigenvalue weighted by Gasteiger charge is -2.01. The zero-order valence-electron chi connectivity index (χ0n) is 7.77. The maximum atomic E-state index is 10.9. The average Bonchev–Trinajstić information content (AvgIpc) is 2.28. The molecule has 1 heterocycles. The quantitative estimate of drug-likeness (QED) is 0.735. The van der Waals surface area contributed by atoms with Crippen molar-refractivity contribution >= 4 is 11.1 Å². The second-order valence-corrected chi connectivity index (χ2v) is 3.57. The fourth-order valence-corrected chi connectivity index (χ4v) is 1.83. The summed E-state index contributed by atoms with van der Waals surface area (Å²) >= 11 is -1.97. The largest absolute Gasteiger partial charge is 0.362 e. The van der Waals surface area contributed by atoms with Crippen LogP contribution < -0.4 is 0 Å². The van der Waals surface area contributed by atoms with Gasteiger partial charge in [0.1, 0.15) is 11.6 Å². The fourth-order valence-electron chi connectivity index (χ4n) is 1.18. The van der Waals surface area contributed by atoms with E-state index in [1.54, 1.807) is 25.6 Å². The van der Waals surface area contributed by atoms with E-state index in [-0.39, 0.29) is 0 Å². The van der Waals surface area contributed by atoms with Crippen LogP contribution in [-0.4, -0.2) is 25.7 Å². The van der Waals surface area contributed by atoms with E-state index in [9.17, 15) is 4.21 Å². The zero-order chi connectivity index (χ0) is 10.0. The highest BCUT2D eigenvalue weighted by molar-refractivity contribution is 7.79. The first-order valence-corrected chi connectivity index (χ1v) is 4.82. The first-order valence-electron chi connectivity index (χ1n) is 3.71. The summed E-state index contributed by atoms with van der Waals surface area (Å²) in [5, 5.41) is 4.06. The van der Waals surface area contributed by atoms with Gasteiger partial charge in [-0.1, -0.05) is 0 Å². The van der Waals surface area contributed by atoms with E-state index in [1.807, 2.05) is 0 Å². The van der Waals surface area contributed by atoms with Gasteiger partial charge in [-0.2, -0.15) is 5.10 Å². The Kier molecular flexibility index (Phi) is 3.18. The van der Waals surface area contributed by atoms with E-state index in [0.717, 1.165) is 0 Å². The summed E-state index contributed by atoms with van der Waals surface area (Å²) in [7, 11) is 1.55. The fraction of sp³-hybridized carbons (Fsp3) is 0.571. The van der Waals surface area contributed by atoms with Crippen LogP contribution in [0.5, 0.6) is 0 Å². The van der Waals surface area contributed by atoms with E-state index in [1.165, 1.54) is 0 Å². The minimum atomic E-state index is -1.97. The second kappa shape index (κ2) is 3.99. The Hall–Kier alpha value is -0.720. The van der Waals surface area contributed by atoms with Gasteiger partial charge in [-0.3, -0.25) is 0 Å². The molecular formula is C7H12N2O3S. The number of aromatic nitrogens is 2. The van der Waals surface area contributed by atoms with Crippen molar-refractivity contribution in [3.63, 3.8) is 0 Å². The number of aryl methyl sites for hydroxylation is 1. The molecule has 13 heavy (non-hydrogen) atoms. The minimum absolute atomic E-state index is 0.296. The molecule has 74 valence electrons. The van der Waals surface area contributed by atoms with Gasteiger partial charge in [0.25, 0.3) is 0 Å². The van der Waals surface area contributed by atoms with Gasteiger partial charge in [0.2, 0.25) is 0 Å². The zero-order valence-corrected chi connectivity index (χ0v) is 8.59. The summed E-state index contributed by atoms with van der Waals surface area (Å²) in [5.74, 6) is 0. The Morgan fingerprint density at radius 1 is 1.62 bits per heavy atom. The van der Waals surface area contributed by atoms with E-state index in [2.05, 4.69) is 5.10 Å². The van der Waals surface area contributed by atoms with E-state index >= 15 is 0 Å². The molecule has 0 radical (unpaired) electrons. The van der Waals surface area contributed by atoms with Crippen molar-refractivity contribution in [2.45, 2.75) is 25.5 Å². The van der Waals surface area contributed by atoms with Crippen LogP contribution in [0.15, 0.2) is 4.90 Å². The van der Waals surface area contributed by atoms with E-state index < -0.39 is 11.1 Å². The third-order valence-corrected chi connectivity index (χ3v) is 2.68. The lowest BCUT2D eigenvalue weighted by atomic mass is 10.4. The predicted molar refractivity (Wildman–Crippen MR) is 47.7 cm³/mol. The summed E-state index contributed by atoms with van der Waals surface area (Å²) in [6.07, 6.45) is 0. The molecule has 0 spiro atoms. The number of methoxy groups -OCH3 is 1. The van der Waals surface area contributed by atoms with Gasteiger partial charge in [0.05, 0.1) is 11.4 Å². The van der Waals surface area contributed by atoms with Gasteiger partial charge < -0.3 is 9.29 Å². The van der Waals surface area contributed by atoms with Crippen LogP contribution >= 0.6 is 0 Å². The topological polar surface area (TPSA) is 64.4 Å². The molecule has 0 aromatic carbocycles. The lowest BCUT2D eigenvalue weighted by Crippen LogP contribution is -2.04. The van der Waals surface area contributed by atoms with Crippen LogP contribution in [0.25, 0.3) is 0 Å². The molecule has 0 amide bonds. The molecule has 1 atom stereocenters. The van der Waals surface area contributed by atoms with Crippen molar-refractivity contribution < 1.29 is 13.5 Å². The van der Waals surface area contributed by atoms with Crippen LogP contribution in [-0.2, 0) is 22.5 Å². The molecule has 0 aliphatic carbocycles. The normalized spacial score (nSPS) is 13.2. The molecular weight excluding hydrogens is 192 g/mol. The van der Waals surface area contributed by atoms with Crippen LogP contribution in [0, 0.1) is 13.8 Å². The maximum absolute atomic E-state index is 10.9. The summed E-state index contributed by atoms with van der Waals surface area (Å²) in [6.45, 7) is 3.73. The average molecular weight is 204 g/mol.